The third-order valence-corrected chi connectivity index (χ3v) is 5.19. The first-order valence-electron chi connectivity index (χ1n) is 7.14. The first-order valence-corrected chi connectivity index (χ1v) is 8.58. The van der Waals surface area contributed by atoms with Crippen molar-refractivity contribution in [1.82, 2.24) is 14.6 Å². The number of H-pyrrole nitrogens is 1. The number of hydrogen-bond acceptors (Lipinski definition) is 3. The molecule has 0 fully saturated rings. The minimum absolute atomic E-state index is 0.337. The second kappa shape index (κ2) is 7.24. The Morgan fingerprint density at radius 3 is 2.55 bits per heavy atom. The Bertz CT molecular complexity index is 508. The van der Waals surface area contributed by atoms with Crippen LogP contribution in [0.25, 0.3) is 0 Å². The highest BCUT2D eigenvalue weighted by Crippen LogP contribution is 2.17. The molecule has 6 heteroatoms. The Balaban J connectivity index is 2.77. The summed E-state index contributed by atoms with van der Waals surface area (Å²) in [4.78, 5) is 3.36. The molecule has 1 heterocycles. The van der Waals surface area contributed by atoms with E-state index in [-0.39, 0.29) is 0 Å². The first kappa shape index (κ1) is 17.2. The molecule has 1 unspecified atom stereocenters. The molecule has 2 N–H and O–H groups in total. The number of aromatic nitrogens is 1. The van der Waals surface area contributed by atoms with Gasteiger partial charge in [-0.05, 0) is 12.0 Å². The van der Waals surface area contributed by atoms with Gasteiger partial charge in [0.2, 0.25) is 10.0 Å². The van der Waals surface area contributed by atoms with Crippen LogP contribution < -0.4 is 5.32 Å². The van der Waals surface area contributed by atoms with Crippen LogP contribution in [-0.2, 0) is 16.6 Å². The van der Waals surface area contributed by atoms with Crippen molar-refractivity contribution in [3.05, 3.63) is 18.0 Å². The molecule has 0 saturated carbocycles. The maximum Gasteiger partial charge on any atom is 0.244 e. The van der Waals surface area contributed by atoms with E-state index in [4.69, 9.17) is 0 Å². The predicted octanol–water partition coefficient (Wildman–Crippen LogP) is 2.18. The van der Waals surface area contributed by atoms with E-state index in [1.54, 1.807) is 19.3 Å². The fourth-order valence-corrected chi connectivity index (χ4v) is 3.14. The van der Waals surface area contributed by atoms with E-state index in [9.17, 15) is 8.42 Å². The second-order valence-electron chi connectivity index (χ2n) is 5.70. The maximum atomic E-state index is 12.4. The molecule has 1 aromatic heterocycles. The SMILES string of the molecule is CCC(C)CN(C)S(=O)(=O)c1c[nH]c(CNC(C)C)c1. The summed E-state index contributed by atoms with van der Waals surface area (Å²) in [5, 5.41) is 3.26. The van der Waals surface area contributed by atoms with E-state index in [0.29, 0.717) is 29.9 Å². The largest absolute Gasteiger partial charge is 0.363 e. The average Bonchev–Trinajstić information content (AvgIpc) is 2.85. The highest BCUT2D eigenvalue weighted by Gasteiger charge is 2.23. The zero-order valence-corrected chi connectivity index (χ0v) is 13.9. The number of aromatic amines is 1. The summed E-state index contributed by atoms with van der Waals surface area (Å²) in [6.07, 6.45) is 2.54. The third kappa shape index (κ3) is 4.61. The molecule has 1 rings (SSSR count). The minimum Gasteiger partial charge on any atom is -0.363 e. The zero-order valence-electron chi connectivity index (χ0n) is 13.1. The standard InChI is InChI=1S/C14H27N3O2S/c1-6-12(4)10-17(5)20(18,19)14-7-13(16-9-14)8-15-11(2)3/h7,9,11-12,15-16H,6,8,10H2,1-5H3. The van der Waals surface area contributed by atoms with Crippen molar-refractivity contribution >= 4 is 10.0 Å². The van der Waals surface area contributed by atoms with Gasteiger partial charge in [-0.15, -0.1) is 0 Å². The number of rotatable bonds is 8. The fourth-order valence-electron chi connectivity index (χ4n) is 1.83. The van der Waals surface area contributed by atoms with Gasteiger partial charge in [0.25, 0.3) is 0 Å². The molecular weight excluding hydrogens is 274 g/mol. The van der Waals surface area contributed by atoms with Gasteiger partial charge in [0, 0.05) is 38.1 Å². The minimum atomic E-state index is -3.39. The topological polar surface area (TPSA) is 65.2 Å². The van der Waals surface area contributed by atoms with Crippen LogP contribution in [0, 0.1) is 5.92 Å². The highest BCUT2D eigenvalue weighted by molar-refractivity contribution is 7.89. The Labute approximate surface area is 122 Å². The van der Waals surface area contributed by atoms with Gasteiger partial charge in [-0.3, -0.25) is 0 Å². The molecule has 0 spiro atoms. The monoisotopic (exact) mass is 301 g/mol. The molecule has 1 atom stereocenters. The normalized spacial score (nSPS) is 14.2. The first-order chi connectivity index (χ1) is 9.27. The summed E-state index contributed by atoms with van der Waals surface area (Å²) in [5.41, 5.74) is 0.884. The Hall–Kier alpha value is -0.850. The van der Waals surface area contributed by atoms with Gasteiger partial charge in [0.05, 0.1) is 4.90 Å². The van der Waals surface area contributed by atoms with Gasteiger partial charge in [-0.25, -0.2) is 12.7 Å². The molecule has 0 aliphatic carbocycles. The quantitative estimate of drug-likeness (QED) is 0.773. The lowest BCUT2D eigenvalue weighted by molar-refractivity contribution is 0.393. The molecule has 0 bridgehead atoms. The Morgan fingerprint density at radius 2 is 2.00 bits per heavy atom. The van der Waals surface area contributed by atoms with Gasteiger partial charge in [0.1, 0.15) is 0 Å². The van der Waals surface area contributed by atoms with Gasteiger partial charge in [0.15, 0.2) is 0 Å². The van der Waals surface area contributed by atoms with Crippen LogP contribution in [-0.4, -0.2) is 37.3 Å². The smallest absolute Gasteiger partial charge is 0.244 e. The Kier molecular flexibility index (Phi) is 6.23. The van der Waals surface area contributed by atoms with Gasteiger partial charge in [-0.2, -0.15) is 0 Å². The molecule has 20 heavy (non-hydrogen) atoms. The van der Waals surface area contributed by atoms with Crippen molar-refractivity contribution in [2.24, 2.45) is 5.92 Å². The number of nitrogens with zero attached hydrogens (tertiary/aromatic N) is 1. The van der Waals surface area contributed by atoms with Crippen LogP contribution in [0.3, 0.4) is 0 Å². The lowest BCUT2D eigenvalue weighted by Crippen LogP contribution is -2.30. The van der Waals surface area contributed by atoms with Crippen LogP contribution in [0.2, 0.25) is 0 Å². The van der Waals surface area contributed by atoms with E-state index >= 15 is 0 Å². The van der Waals surface area contributed by atoms with Crippen LogP contribution >= 0.6 is 0 Å². The molecule has 1 aromatic rings. The van der Waals surface area contributed by atoms with Crippen molar-refractivity contribution in [2.45, 2.75) is 51.6 Å². The lowest BCUT2D eigenvalue weighted by atomic mass is 10.1. The molecule has 0 aliphatic heterocycles. The van der Waals surface area contributed by atoms with Crippen molar-refractivity contribution in [1.29, 1.82) is 0 Å². The molecule has 0 amide bonds. The van der Waals surface area contributed by atoms with Crippen molar-refractivity contribution < 1.29 is 8.42 Å². The average molecular weight is 301 g/mol. The summed E-state index contributed by atoms with van der Waals surface area (Å²) >= 11 is 0. The molecule has 0 aliphatic rings. The third-order valence-electron chi connectivity index (χ3n) is 3.39. The lowest BCUT2D eigenvalue weighted by Gasteiger charge is -2.19. The summed E-state index contributed by atoms with van der Waals surface area (Å²) in [6, 6.07) is 2.07. The summed E-state index contributed by atoms with van der Waals surface area (Å²) in [5.74, 6) is 0.357. The number of nitrogens with one attached hydrogen (secondary N) is 2. The molecule has 5 nitrogen and oxygen atoms in total. The van der Waals surface area contributed by atoms with E-state index < -0.39 is 10.0 Å². The molecule has 0 radical (unpaired) electrons. The van der Waals surface area contributed by atoms with Crippen LogP contribution in [0.5, 0.6) is 0 Å². The van der Waals surface area contributed by atoms with Crippen molar-refractivity contribution in [3.8, 4) is 0 Å². The van der Waals surface area contributed by atoms with Gasteiger partial charge >= 0.3 is 0 Å². The maximum absolute atomic E-state index is 12.4. The molecule has 0 saturated heterocycles. The van der Waals surface area contributed by atoms with Crippen LogP contribution in [0.1, 0.15) is 39.8 Å². The number of hydrogen-bond donors (Lipinski definition) is 2. The van der Waals surface area contributed by atoms with Gasteiger partial charge < -0.3 is 10.3 Å². The van der Waals surface area contributed by atoms with E-state index in [2.05, 4.69) is 38.0 Å². The molecule has 116 valence electrons. The summed E-state index contributed by atoms with van der Waals surface area (Å²) in [6.45, 7) is 9.42. The molecular formula is C14H27N3O2S. The van der Waals surface area contributed by atoms with E-state index in [1.165, 1.54) is 4.31 Å². The summed E-state index contributed by atoms with van der Waals surface area (Å²) in [7, 11) is -1.75. The van der Waals surface area contributed by atoms with E-state index in [0.717, 1.165) is 12.1 Å². The fraction of sp³-hybridized carbons (Fsp3) is 0.714. The van der Waals surface area contributed by atoms with Gasteiger partial charge in [-0.1, -0.05) is 34.1 Å². The summed E-state index contributed by atoms with van der Waals surface area (Å²) < 4.78 is 26.3. The van der Waals surface area contributed by atoms with Crippen LogP contribution in [0.4, 0.5) is 0 Å². The van der Waals surface area contributed by atoms with Crippen molar-refractivity contribution in [2.75, 3.05) is 13.6 Å². The second-order valence-corrected chi connectivity index (χ2v) is 7.74. The van der Waals surface area contributed by atoms with Crippen molar-refractivity contribution in [3.63, 3.8) is 0 Å². The zero-order chi connectivity index (χ0) is 15.3. The van der Waals surface area contributed by atoms with Crippen LogP contribution in [0.15, 0.2) is 17.2 Å². The predicted molar refractivity (Wildman–Crippen MR) is 82.0 cm³/mol. The molecule has 0 aromatic carbocycles. The van der Waals surface area contributed by atoms with E-state index in [1.807, 2.05) is 0 Å². The number of sulfonamides is 1. The highest BCUT2D eigenvalue weighted by atomic mass is 32.2. The Morgan fingerprint density at radius 1 is 1.35 bits per heavy atom.